The van der Waals surface area contributed by atoms with Gasteiger partial charge in [0, 0.05) is 32.7 Å². The van der Waals surface area contributed by atoms with Crippen LogP contribution in [0, 0.1) is 0 Å². The molecule has 1 saturated heterocycles. The molecule has 0 bridgehead atoms. The zero-order chi connectivity index (χ0) is 17.5. The molecule has 0 aliphatic carbocycles. The van der Waals surface area contributed by atoms with Crippen molar-refractivity contribution in [3.05, 3.63) is 65.7 Å². The summed E-state index contributed by atoms with van der Waals surface area (Å²) in [7, 11) is 0. The molecule has 0 radical (unpaired) electrons. The monoisotopic (exact) mass is 340 g/mol. The van der Waals surface area contributed by atoms with E-state index in [1.54, 1.807) is 0 Å². The summed E-state index contributed by atoms with van der Waals surface area (Å²) in [6.07, 6.45) is 0. The number of ether oxygens (including phenoxy) is 1. The lowest BCUT2D eigenvalue weighted by Crippen LogP contribution is -2.49. The normalized spacial score (nSPS) is 15.2. The van der Waals surface area contributed by atoms with Crippen molar-refractivity contribution >= 4 is 5.91 Å². The molecule has 5 heteroatoms. The van der Waals surface area contributed by atoms with Crippen LogP contribution in [0.15, 0.2) is 54.6 Å². The van der Waals surface area contributed by atoms with E-state index in [1.165, 1.54) is 0 Å². The number of carbonyl (C=O) groups excluding carboxylic acids is 1. The van der Waals surface area contributed by atoms with Gasteiger partial charge in [0.25, 0.3) is 5.91 Å². The third-order valence-electron chi connectivity index (χ3n) is 4.51. The number of carbonyl (C=O) groups is 1. The molecular formula is C20H24N2O3. The van der Waals surface area contributed by atoms with Crippen LogP contribution in [0.5, 0.6) is 5.75 Å². The maximum absolute atomic E-state index is 12.3. The molecule has 2 aromatic carbocycles. The summed E-state index contributed by atoms with van der Waals surface area (Å²) < 4.78 is 5.54. The second-order valence-electron chi connectivity index (χ2n) is 6.19. The molecule has 0 atom stereocenters. The summed E-state index contributed by atoms with van der Waals surface area (Å²) in [5, 5.41) is 9.43. The number of hydrogen-bond donors (Lipinski definition) is 1. The first-order valence-corrected chi connectivity index (χ1v) is 8.62. The molecule has 25 heavy (non-hydrogen) atoms. The van der Waals surface area contributed by atoms with E-state index in [4.69, 9.17) is 4.74 Å². The number of piperazine rings is 1. The first kappa shape index (κ1) is 17.5. The Bertz CT molecular complexity index is 682. The molecule has 1 heterocycles. The topological polar surface area (TPSA) is 53.0 Å². The molecule has 1 amide bonds. The lowest BCUT2D eigenvalue weighted by Gasteiger charge is -2.35. The van der Waals surface area contributed by atoms with Crippen LogP contribution in [0.2, 0.25) is 0 Å². The van der Waals surface area contributed by atoms with Crippen LogP contribution in [-0.2, 0) is 17.9 Å². The van der Waals surface area contributed by atoms with Crippen molar-refractivity contribution in [1.82, 2.24) is 9.80 Å². The SMILES string of the molecule is O=C(COc1ccccc1)N1CCN(Cc2ccccc2CO)CC1. The fourth-order valence-electron chi connectivity index (χ4n) is 3.02. The van der Waals surface area contributed by atoms with Gasteiger partial charge < -0.3 is 14.7 Å². The third-order valence-corrected chi connectivity index (χ3v) is 4.51. The van der Waals surface area contributed by atoms with Crippen LogP contribution >= 0.6 is 0 Å². The van der Waals surface area contributed by atoms with Crippen LogP contribution in [0.1, 0.15) is 11.1 Å². The van der Waals surface area contributed by atoms with Gasteiger partial charge in [0.15, 0.2) is 6.61 Å². The smallest absolute Gasteiger partial charge is 0.260 e. The molecule has 3 rings (SSSR count). The molecule has 0 unspecified atom stereocenters. The molecule has 0 saturated carbocycles. The van der Waals surface area contributed by atoms with Crippen LogP contribution in [0.3, 0.4) is 0 Å². The van der Waals surface area contributed by atoms with Gasteiger partial charge >= 0.3 is 0 Å². The summed E-state index contributed by atoms with van der Waals surface area (Å²) in [6.45, 7) is 4.02. The van der Waals surface area contributed by atoms with E-state index < -0.39 is 0 Å². The lowest BCUT2D eigenvalue weighted by molar-refractivity contribution is -0.135. The number of amides is 1. The van der Waals surface area contributed by atoms with Crippen molar-refractivity contribution in [2.24, 2.45) is 0 Å². The van der Waals surface area contributed by atoms with E-state index in [0.29, 0.717) is 13.1 Å². The van der Waals surface area contributed by atoms with Crippen LogP contribution in [0.4, 0.5) is 0 Å². The number of benzene rings is 2. The molecule has 5 nitrogen and oxygen atoms in total. The van der Waals surface area contributed by atoms with Gasteiger partial charge in [-0.3, -0.25) is 9.69 Å². The largest absolute Gasteiger partial charge is 0.484 e. The van der Waals surface area contributed by atoms with Crippen LogP contribution < -0.4 is 4.74 Å². The van der Waals surface area contributed by atoms with E-state index in [1.807, 2.05) is 53.4 Å². The second-order valence-corrected chi connectivity index (χ2v) is 6.19. The van der Waals surface area contributed by atoms with Gasteiger partial charge in [0.1, 0.15) is 5.75 Å². The third kappa shape index (κ3) is 4.81. The zero-order valence-corrected chi connectivity index (χ0v) is 14.3. The first-order chi connectivity index (χ1) is 12.3. The van der Waals surface area contributed by atoms with Crippen LogP contribution in [0.25, 0.3) is 0 Å². The Balaban J connectivity index is 1.46. The Hall–Kier alpha value is -2.37. The van der Waals surface area contributed by atoms with Gasteiger partial charge in [-0.05, 0) is 23.3 Å². The maximum Gasteiger partial charge on any atom is 0.260 e. The minimum atomic E-state index is 0.0271. The molecular weight excluding hydrogens is 316 g/mol. The van der Waals surface area contributed by atoms with Gasteiger partial charge in [-0.15, -0.1) is 0 Å². The minimum Gasteiger partial charge on any atom is -0.484 e. The quantitative estimate of drug-likeness (QED) is 0.873. The Morgan fingerprint density at radius 2 is 1.56 bits per heavy atom. The molecule has 1 fully saturated rings. The van der Waals surface area contributed by atoms with E-state index in [2.05, 4.69) is 11.0 Å². The van der Waals surface area contributed by atoms with Crippen molar-refractivity contribution in [2.45, 2.75) is 13.2 Å². The van der Waals surface area contributed by atoms with Crippen molar-refractivity contribution < 1.29 is 14.6 Å². The summed E-state index contributed by atoms with van der Waals surface area (Å²) in [4.78, 5) is 16.5. The predicted octanol–water partition coefficient (Wildman–Crippen LogP) is 1.90. The Morgan fingerprint density at radius 3 is 2.24 bits per heavy atom. The molecule has 132 valence electrons. The molecule has 0 aromatic heterocycles. The standard InChI is InChI=1S/C20H24N2O3/c23-15-18-7-5-4-6-17(18)14-21-10-12-22(13-11-21)20(24)16-25-19-8-2-1-3-9-19/h1-9,23H,10-16H2. The van der Waals surface area contributed by atoms with Crippen molar-refractivity contribution in [3.63, 3.8) is 0 Å². The van der Waals surface area contributed by atoms with Crippen molar-refractivity contribution in [2.75, 3.05) is 32.8 Å². The Labute approximate surface area is 148 Å². The highest BCUT2D eigenvalue weighted by molar-refractivity contribution is 5.77. The van der Waals surface area contributed by atoms with Crippen molar-refractivity contribution in [1.29, 1.82) is 0 Å². The molecule has 0 spiro atoms. The van der Waals surface area contributed by atoms with Gasteiger partial charge in [-0.2, -0.15) is 0 Å². The number of para-hydroxylation sites is 1. The highest BCUT2D eigenvalue weighted by Crippen LogP contribution is 2.14. The van der Waals surface area contributed by atoms with E-state index in [0.717, 1.165) is 36.5 Å². The predicted molar refractivity (Wildman–Crippen MR) is 96.2 cm³/mol. The summed E-state index contributed by atoms with van der Waals surface area (Å²) in [5.74, 6) is 0.745. The maximum atomic E-state index is 12.3. The summed E-state index contributed by atoms with van der Waals surface area (Å²) in [5.41, 5.74) is 2.12. The van der Waals surface area contributed by atoms with Gasteiger partial charge in [0.2, 0.25) is 0 Å². The second kappa shape index (κ2) is 8.65. The fraction of sp³-hybridized carbons (Fsp3) is 0.350. The van der Waals surface area contributed by atoms with Crippen LogP contribution in [-0.4, -0.2) is 53.6 Å². The van der Waals surface area contributed by atoms with Gasteiger partial charge in [0.05, 0.1) is 6.61 Å². The molecule has 2 aromatic rings. The number of hydrogen-bond acceptors (Lipinski definition) is 4. The average Bonchev–Trinajstić information content (AvgIpc) is 2.68. The van der Waals surface area contributed by atoms with Crippen molar-refractivity contribution in [3.8, 4) is 5.75 Å². The first-order valence-electron chi connectivity index (χ1n) is 8.62. The molecule has 1 aliphatic heterocycles. The minimum absolute atomic E-state index is 0.0271. The summed E-state index contributed by atoms with van der Waals surface area (Å²) >= 11 is 0. The molecule has 1 aliphatic rings. The average molecular weight is 340 g/mol. The number of aliphatic hydroxyl groups is 1. The van der Waals surface area contributed by atoms with Gasteiger partial charge in [-0.1, -0.05) is 42.5 Å². The highest BCUT2D eigenvalue weighted by Gasteiger charge is 2.21. The fourth-order valence-corrected chi connectivity index (χ4v) is 3.02. The zero-order valence-electron chi connectivity index (χ0n) is 14.3. The Kier molecular flexibility index (Phi) is 6.04. The summed E-state index contributed by atoms with van der Waals surface area (Å²) in [6, 6.07) is 17.3. The van der Waals surface area contributed by atoms with Gasteiger partial charge in [-0.25, -0.2) is 0 Å². The lowest BCUT2D eigenvalue weighted by atomic mass is 10.1. The Morgan fingerprint density at radius 1 is 0.920 bits per heavy atom. The highest BCUT2D eigenvalue weighted by atomic mass is 16.5. The number of nitrogens with zero attached hydrogens (tertiary/aromatic N) is 2. The number of rotatable bonds is 6. The van der Waals surface area contributed by atoms with E-state index >= 15 is 0 Å². The van der Waals surface area contributed by atoms with E-state index in [-0.39, 0.29) is 19.1 Å². The number of aliphatic hydroxyl groups excluding tert-OH is 1. The molecule has 1 N–H and O–H groups in total. The van der Waals surface area contributed by atoms with E-state index in [9.17, 15) is 9.90 Å².